The molecule has 2 aliphatic rings. The van der Waals surface area contributed by atoms with Crippen molar-refractivity contribution in [3.63, 3.8) is 0 Å². The summed E-state index contributed by atoms with van der Waals surface area (Å²) in [7, 11) is 0.725. The van der Waals surface area contributed by atoms with Crippen molar-refractivity contribution in [2.75, 3.05) is 47.4 Å². The van der Waals surface area contributed by atoms with E-state index in [4.69, 9.17) is 9.47 Å². The molecule has 1 amide bonds. The highest BCUT2D eigenvalue weighted by molar-refractivity contribution is 7.89. The van der Waals surface area contributed by atoms with E-state index in [1.807, 2.05) is 69.1 Å². The van der Waals surface area contributed by atoms with Gasteiger partial charge in [-0.3, -0.25) is 14.9 Å². The van der Waals surface area contributed by atoms with E-state index in [1.54, 1.807) is 7.11 Å². The van der Waals surface area contributed by atoms with Crippen LogP contribution in [0.3, 0.4) is 0 Å². The Morgan fingerprint density at radius 1 is 0.982 bits per heavy atom. The van der Waals surface area contributed by atoms with Crippen LogP contribution in [0.1, 0.15) is 80.3 Å². The summed E-state index contributed by atoms with van der Waals surface area (Å²) in [6, 6.07) is 17.0. The standard InChI is InChI=1S/C42H51N5O8S/c1-42(2,3)55-41(49)29-16-18-34-36(26-29)46-27-31(24-30-25-32(54-6)17-19-33(30)39(46)38(34)28-12-8-7-9-13-28)40(48)43-20-21-44(4)22-23-45(5)56(52,53)37-15-11-10-14-35(37)47(50)51/h10-11,14-19,24-26,28H,7-9,12-13,20-23,27H2,1-6H3,(H,43,48). The van der Waals surface area contributed by atoms with Crippen molar-refractivity contribution in [1.29, 1.82) is 0 Å². The number of benzene rings is 3. The van der Waals surface area contributed by atoms with Gasteiger partial charge in [-0.25, -0.2) is 13.2 Å². The Morgan fingerprint density at radius 3 is 2.41 bits per heavy atom. The number of nitrogens with zero attached hydrogens (tertiary/aromatic N) is 4. The highest BCUT2D eigenvalue weighted by Gasteiger charge is 2.32. The van der Waals surface area contributed by atoms with Gasteiger partial charge in [0.2, 0.25) is 15.9 Å². The lowest BCUT2D eigenvalue weighted by Crippen LogP contribution is -2.39. The van der Waals surface area contributed by atoms with Crippen LogP contribution in [0.25, 0.3) is 28.2 Å². The number of methoxy groups -OCH3 is 1. The molecule has 0 atom stereocenters. The molecule has 298 valence electrons. The van der Waals surface area contributed by atoms with Gasteiger partial charge in [-0.05, 0) is 100 Å². The lowest BCUT2D eigenvalue weighted by molar-refractivity contribution is -0.387. The van der Waals surface area contributed by atoms with Crippen LogP contribution in [0.5, 0.6) is 5.75 Å². The van der Waals surface area contributed by atoms with Crippen LogP contribution in [0.15, 0.2) is 71.1 Å². The van der Waals surface area contributed by atoms with Gasteiger partial charge < -0.3 is 24.3 Å². The molecule has 0 saturated heterocycles. The number of nitro groups is 1. The maximum atomic E-state index is 14.1. The van der Waals surface area contributed by atoms with Crippen LogP contribution in [0.4, 0.5) is 5.69 Å². The number of fused-ring (bicyclic) bond motifs is 5. The van der Waals surface area contributed by atoms with Crippen LogP contribution in [-0.4, -0.2) is 92.0 Å². The van der Waals surface area contributed by atoms with E-state index in [1.165, 1.54) is 43.3 Å². The summed E-state index contributed by atoms with van der Waals surface area (Å²) in [5.41, 5.74) is 4.85. The topological polar surface area (TPSA) is 153 Å². The van der Waals surface area contributed by atoms with Gasteiger partial charge in [-0.1, -0.05) is 37.5 Å². The van der Waals surface area contributed by atoms with Gasteiger partial charge in [0, 0.05) is 61.3 Å². The van der Waals surface area contributed by atoms with E-state index < -0.39 is 32.2 Å². The third-order valence-electron chi connectivity index (χ3n) is 10.5. The fraction of sp³-hybridized carbons (Fsp3) is 0.429. The Hall–Kier alpha value is -5.05. The summed E-state index contributed by atoms with van der Waals surface area (Å²) in [6.45, 7) is 6.92. The first-order valence-corrected chi connectivity index (χ1v) is 20.5. The molecule has 1 aromatic heterocycles. The fourth-order valence-electron chi connectivity index (χ4n) is 7.65. The van der Waals surface area contributed by atoms with Crippen molar-refractivity contribution >= 4 is 44.6 Å². The third kappa shape index (κ3) is 8.67. The van der Waals surface area contributed by atoms with Crippen LogP contribution < -0.4 is 10.1 Å². The van der Waals surface area contributed by atoms with Gasteiger partial charge in [-0.2, -0.15) is 4.31 Å². The molecule has 1 aliphatic heterocycles. The zero-order valence-corrected chi connectivity index (χ0v) is 33.8. The predicted molar refractivity (Wildman–Crippen MR) is 216 cm³/mol. The monoisotopic (exact) mass is 785 g/mol. The number of hydrogen-bond acceptors (Lipinski definition) is 9. The molecule has 0 radical (unpaired) electrons. The maximum absolute atomic E-state index is 14.1. The van der Waals surface area contributed by atoms with Gasteiger partial charge in [-0.15, -0.1) is 0 Å². The minimum Gasteiger partial charge on any atom is -0.497 e. The summed E-state index contributed by atoms with van der Waals surface area (Å²) in [5, 5.41) is 15.6. The van der Waals surface area contributed by atoms with Crippen molar-refractivity contribution in [2.45, 2.75) is 75.8 Å². The highest BCUT2D eigenvalue weighted by atomic mass is 32.2. The molecular weight excluding hydrogens is 735 g/mol. The maximum Gasteiger partial charge on any atom is 0.338 e. The predicted octanol–water partition coefficient (Wildman–Crippen LogP) is 6.99. The number of likely N-dealkylation sites (N-methyl/N-ethyl adjacent to an activating group) is 2. The molecule has 13 nitrogen and oxygen atoms in total. The van der Waals surface area contributed by atoms with Crippen molar-refractivity contribution in [3.8, 4) is 17.0 Å². The quantitative estimate of drug-likeness (QED) is 0.0858. The first kappa shape index (κ1) is 40.6. The zero-order valence-electron chi connectivity index (χ0n) is 33.0. The van der Waals surface area contributed by atoms with E-state index >= 15 is 0 Å². The number of nitro benzene ring substituents is 1. The smallest absolute Gasteiger partial charge is 0.338 e. The molecule has 1 saturated carbocycles. The van der Waals surface area contributed by atoms with Crippen LogP contribution in [0.2, 0.25) is 0 Å². The first-order chi connectivity index (χ1) is 26.6. The number of para-hydroxylation sites is 1. The molecular formula is C42H51N5O8S. The van der Waals surface area contributed by atoms with E-state index in [0.717, 1.165) is 57.7 Å². The lowest BCUT2D eigenvalue weighted by Gasteiger charge is -2.24. The second kappa shape index (κ2) is 16.6. The Morgan fingerprint density at radius 2 is 1.71 bits per heavy atom. The van der Waals surface area contributed by atoms with Gasteiger partial charge in [0.1, 0.15) is 11.4 Å². The molecule has 1 aliphatic carbocycles. The van der Waals surface area contributed by atoms with Crippen LogP contribution in [0, 0.1) is 10.1 Å². The molecule has 0 spiro atoms. The Labute approximate surface area is 328 Å². The SMILES string of the molecule is COc1ccc2c(c1)C=C(C(=O)NCCN(C)CCN(C)S(=O)(=O)c1ccccc1[N+](=O)[O-])Cn1c-2c(C2CCCCC2)c2ccc(C(=O)OC(C)(C)C)cc21. The van der Waals surface area contributed by atoms with Gasteiger partial charge >= 0.3 is 5.97 Å². The Balaban J connectivity index is 1.25. The normalized spacial score (nSPS) is 14.9. The van der Waals surface area contributed by atoms with Crippen LogP contribution in [-0.2, 0) is 26.1 Å². The third-order valence-corrected chi connectivity index (χ3v) is 12.4. The summed E-state index contributed by atoms with van der Waals surface area (Å²) in [5.74, 6) is 0.343. The number of sulfonamides is 1. The Kier molecular flexibility index (Phi) is 12.0. The van der Waals surface area contributed by atoms with Crippen molar-refractivity contribution in [3.05, 3.63) is 93.0 Å². The number of amides is 1. The molecule has 2 heterocycles. The van der Waals surface area contributed by atoms with Crippen molar-refractivity contribution < 1.29 is 32.4 Å². The van der Waals surface area contributed by atoms with Crippen molar-refractivity contribution in [1.82, 2.24) is 19.1 Å². The minimum absolute atomic E-state index is 0.0840. The average molecular weight is 786 g/mol. The zero-order chi connectivity index (χ0) is 40.4. The summed E-state index contributed by atoms with van der Waals surface area (Å²) >= 11 is 0. The fourth-order valence-corrected chi connectivity index (χ4v) is 8.97. The van der Waals surface area contributed by atoms with Crippen molar-refractivity contribution in [2.24, 2.45) is 0 Å². The number of hydrogen-bond donors (Lipinski definition) is 1. The number of carbonyl (C=O) groups is 2. The summed E-state index contributed by atoms with van der Waals surface area (Å²) in [6.07, 6.45) is 7.53. The number of ether oxygens (including phenoxy) is 2. The minimum atomic E-state index is -4.10. The highest BCUT2D eigenvalue weighted by Crippen LogP contribution is 2.47. The van der Waals surface area contributed by atoms with Crippen LogP contribution >= 0.6 is 0 Å². The molecule has 4 aromatic rings. The molecule has 56 heavy (non-hydrogen) atoms. The molecule has 1 N–H and O–H groups in total. The second-order valence-corrected chi connectivity index (χ2v) is 17.7. The average Bonchev–Trinajstić information content (AvgIpc) is 3.38. The molecule has 0 unspecified atom stereocenters. The number of nitrogens with one attached hydrogen (secondary N) is 1. The molecule has 6 rings (SSSR count). The van der Waals surface area contributed by atoms with Gasteiger partial charge in [0.15, 0.2) is 4.90 Å². The van der Waals surface area contributed by atoms with Gasteiger partial charge in [0.25, 0.3) is 5.69 Å². The molecule has 3 aromatic carbocycles. The summed E-state index contributed by atoms with van der Waals surface area (Å²) in [4.78, 5) is 39.7. The summed E-state index contributed by atoms with van der Waals surface area (Å²) < 4.78 is 41.0. The van der Waals surface area contributed by atoms with E-state index in [9.17, 15) is 28.1 Å². The first-order valence-electron chi connectivity index (χ1n) is 19.0. The molecule has 0 bridgehead atoms. The van der Waals surface area contributed by atoms with E-state index in [2.05, 4.69) is 16.0 Å². The molecule has 1 fully saturated rings. The number of esters is 1. The number of aromatic nitrogens is 1. The number of carbonyl (C=O) groups excluding carboxylic acids is 2. The number of rotatable bonds is 13. The Bertz CT molecular complexity index is 2290. The molecule has 14 heteroatoms. The lowest BCUT2D eigenvalue weighted by atomic mass is 9.81. The van der Waals surface area contributed by atoms with E-state index in [0.29, 0.717) is 35.9 Å². The van der Waals surface area contributed by atoms with E-state index in [-0.39, 0.29) is 30.4 Å². The van der Waals surface area contributed by atoms with Gasteiger partial charge in [0.05, 0.1) is 29.8 Å². The second-order valence-electron chi connectivity index (χ2n) is 15.7. The largest absolute Gasteiger partial charge is 0.497 e.